The fourth-order valence-electron chi connectivity index (χ4n) is 2.52. The number of hydrogen-bond acceptors (Lipinski definition) is 3. The van der Waals surface area contributed by atoms with Crippen molar-refractivity contribution in [3.63, 3.8) is 0 Å². The Balaban J connectivity index is 1.91. The van der Waals surface area contributed by atoms with Crippen LogP contribution >= 0.6 is 22.9 Å². The Kier molecular flexibility index (Phi) is 5.05. The number of hydrogen-bond donors (Lipinski definition) is 1. The van der Waals surface area contributed by atoms with Gasteiger partial charge in [-0.25, -0.2) is 0 Å². The first-order valence-electron chi connectivity index (χ1n) is 6.74. The summed E-state index contributed by atoms with van der Waals surface area (Å²) in [5.74, 6) is -1.20. The van der Waals surface area contributed by atoms with Crippen molar-refractivity contribution < 1.29 is 14.7 Å². The second-order valence-electron chi connectivity index (χ2n) is 5.21. The molecule has 2 rings (SSSR count). The van der Waals surface area contributed by atoms with Crippen LogP contribution in [0.25, 0.3) is 0 Å². The molecular formula is C14H18ClNO3S. The average Bonchev–Trinajstić information content (AvgIpc) is 2.82. The number of rotatable bonds is 4. The first kappa shape index (κ1) is 15.3. The molecule has 1 aliphatic heterocycles. The first-order valence-corrected chi connectivity index (χ1v) is 7.93. The molecule has 4 nitrogen and oxygen atoms in total. The summed E-state index contributed by atoms with van der Waals surface area (Å²) in [5.41, 5.74) is 0. The van der Waals surface area contributed by atoms with E-state index in [2.05, 4.69) is 0 Å². The Morgan fingerprint density at radius 2 is 2.20 bits per heavy atom. The van der Waals surface area contributed by atoms with Crippen molar-refractivity contribution in [3.05, 3.63) is 21.3 Å². The molecule has 6 heteroatoms. The molecule has 1 aromatic heterocycles. The van der Waals surface area contributed by atoms with Crippen LogP contribution in [0, 0.1) is 5.92 Å². The van der Waals surface area contributed by atoms with Gasteiger partial charge in [0.05, 0.1) is 10.3 Å². The molecule has 0 radical (unpaired) electrons. The molecule has 0 aliphatic carbocycles. The molecule has 0 aromatic carbocycles. The zero-order valence-corrected chi connectivity index (χ0v) is 12.9. The minimum Gasteiger partial charge on any atom is -0.481 e. The van der Waals surface area contributed by atoms with Crippen molar-refractivity contribution in [1.82, 2.24) is 4.90 Å². The van der Waals surface area contributed by atoms with E-state index < -0.39 is 11.9 Å². The van der Waals surface area contributed by atoms with Crippen molar-refractivity contribution in [2.45, 2.75) is 38.6 Å². The highest BCUT2D eigenvalue weighted by Crippen LogP contribution is 2.25. The monoisotopic (exact) mass is 315 g/mol. The summed E-state index contributed by atoms with van der Waals surface area (Å²) in [5, 5.41) is 9.08. The maximum absolute atomic E-state index is 12.3. The summed E-state index contributed by atoms with van der Waals surface area (Å²) in [7, 11) is 0. The van der Waals surface area contributed by atoms with E-state index in [1.54, 1.807) is 4.90 Å². The molecule has 0 spiro atoms. The fraction of sp³-hybridized carbons (Fsp3) is 0.571. The lowest BCUT2D eigenvalue weighted by Crippen LogP contribution is -2.47. The number of amides is 1. The van der Waals surface area contributed by atoms with E-state index >= 15 is 0 Å². The zero-order chi connectivity index (χ0) is 14.7. The molecule has 1 fully saturated rings. The van der Waals surface area contributed by atoms with Crippen LogP contribution in [0.15, 0.2) is 12.1 Å². The summed E-state index contributed by atoms with van der Waals surface area (Å²) in [4.78, 5) is 26.1. The summed E-state index contributed by atoms with van der Waals surface area (Å²) < 4.78 is 0.727. The van der Waals surface area contributed by atoms with Gasteiger partial charge in [0.15, 0.2) is 0 Å². The number of aryl methyl sites for hydroxylation is 1. The van der Waals surface area contributed by atoms with Crippen LogP contribution in [-0.2, 0) is 16.0 Å². The SMILES string of the molecule is CC1CCC(C(=O)O)CN1C(=O)CCc1ccc(Cl)s1. The summed E-state index contributed by atoms with van der Waals surface area (Å²) in [6.45, 7) is 2.32. The number of carbonyl (C=O) groups excluding carboxylic acids is 1. The van der Waals surface area contributed by atoms with Gasteiger partial charge in [0.1, 0.15) is 0 Å². The lowest BCUT2D eigenvalue weighted by Gasteiger charge is -2.36. The van der Waals surface area contributed by atoms with Gasteiger partial charge < -0.3 is 10.0 Å². The van der Waals surface area contributed by atoms with Gasteiger partial charge in [-0.3, -0.25) is 9.59 Å². The highest BCUT2D eigenvalue weighted by Gasteiger charge is 2.32. The van der Waals surface area contributed by atoms with Crippen LogP contribution in [0.5, 0.6) is 0 Å². The topological polar surface area (TPSA) is 57.6 Å². The van der Waals surface area contributed by atoms with Gasteiger partial charge in [-0.15, -0.1) is 11.3 Å². The standard InChI is InChI=1S/C14H18ClNO3S/c1-9-2-3-10(14(18)19)8-16(9)13(17)7-5-11-4-6-12(15)20-11/h4,6,9-10H,2-3,5,7-8H2,1H3,(H,18,19). The van der Waals surface area contributed by atoms with Gasteiger partial charge in [-0.2, -0.15) is 0 Å². The molecule has 1 aliphatic rings. The number of thiophene rings is 1. The number of carbonyl (C=O) groups is 2. The zero-order valence-electron chi connectivity index (χ0n) is 11.3. The predicted molar refractivity (Wildman–Crippen MR) is 79.2 cm³/mol. The number of likely N-dealkylation sites (tertiary alicyclic amines) is 1. The Hall–Kier alpha value is -1.07. The van der Waals surface area contributed by atoms with Crippen LogP contribution < -0.4 is 0 Å². The minimum atomic E-state index is -0.806. The van der Waals surface area contributed by atoms with Crippen molar-refractivity contribution in [1.29, 1.82) is 0 Å². The molecule has 2 heterocycles. The minimum absolute atomic E-state index is 0.0352. The summed E-state index contributed by atoms with van der Waals surface area (Å²) >= 11 is 7.34. The second kappa shape index (κ2) is 6.59. The van der Waals surface area contributed by atoms with E-state index in [0.29, 0.717) is 25.8 Å². The van der Waals surface area contributed by atoms with E-state index in [-0.39, 0.29) is 11.9 Å². The molecule has 2 atom stereocenters. The normalized spacial score (nSPS) is 22.8. The maximum Gasteiger partial charge on any atom is 0.308 e. The summed E-state index contributed by atoms with van der Waals surface area (Å²) in [6, 6.07) is 3.89. The largest absolute Gasteiger partial charge is 0.481 e. The smallest absolute Gasteiger partial charge is 0.308 e. The lowest BCUT2D eigenvalue weighted by molar-refractivity contribution is -0.147. The van der Waals surface area contributed by atoms with Gasteiger partial charge in [-0.1, -0.05) is 11.6 Å². The van der Waals surface area contributed by atoms with Gasteiger partial charge in [0.2, 0.25) is 5.91 Å². The number of carboxylic acids is 1. The second-order valence-corrected chi connectivity index (χ2v) is 7.01. The Morgan fingerprint density at radius 1 is 1.45 bits per heavy atom. The van der Waals surface area contributed by atoms with Gasteiger partial charge in [0.25, 0.3) is 0 Å². The molecular weight excluding hydrogens is 298 g/mol. The molecule has 20 heavy (non-hydrogen) atoms. The third-order valence-electron chi connectivity index (χ3n) is 3.77. The summed E-state index contributed by atoms with van der Waals surface area (Å²) in [6.07, 6.45) is 2.49. The fourth-order valence-corrected chi connectivity index (χ4v) is 3.60. The van der Waals surface area contributed by atoms with E-state index in [1.165, 1.54) is 11.3 Å². The average molecular weight is 316 g/mol. The molecule has 0 saturated carbocycles. The van der Waals surface area contributed by atoms with Crippen LogP contribution in [0.1, 0.15) is 31.1 Å². The van der Waals surface area contributed by atoms with Crippen LogP contribution in [0.4, 0.5) is 0 Å². The van der Waals surface area contributed by atoms with E-state index in [0.717, 1.165) is 15.6 Å². The predicted octanol–water partition coefficient (Wildman–Crippen LogP) is 3.05. The third kappa shape index (κ3) is 3.73. The number of halogens is 1. The Labute approximate surface area is 127 Å². The van der Waals surface area contributed by atoms with E-state index in [9.17, 15) is 9.59 Å². The highest BCUT2D eigenvalue weighted by molar-refractivity contribution is 7.16. The number of nitrogens with zero attached hydrogens (tertiary/aromatic N) is 1. The first-order chi connectivity index (χ1) is 9.47. The van der Waals surface area contributed by atoms with Crippen molar-refractivity contribution in [2.24, 2.45) is 5.92 Å². The Bertz CT molecular complexity index is 502. The maximum atomic E-state index is 12.3. The number of piperidine rings is 1. The van der Waals surface area contributed by atoms with Crippen molar-refractivity contribution in [3.8, 4) is 0 Å². The molecule has 0 bridgehead atoms. The van der Waals surface area contributed by atoms with Gasteiger partial charge in [-0.05, 0) is 38.3 Å². The quantitative estimate of drug-likeness (QED) is 0.929. The molecule has 1 aromatic rings. The van der Waals surface area contributed by atoms with Crippen LogP contribution in [-0.4, -0.2) is 34.5 Å². The molecule has 1 amide bonds. The molecule has 1 N–H and O–H groups in total. The number of aliphatic carboxylic acids is 1. The van der Waals surface area contributed by atoms with Gasteiger partial charge >= 0.3 is 5.97 Å². The lowest BCUT2D eigenvalue weighted by atomic mass is 9.93. The van der Waals surface area contributed by atoms with Crippen LogP contribution in [0.3, 0.4) is 0 Å². The highest BCUT2D eigenvalue weighted by atomic mass is 35.5. The Morgan fingerprint density at radius 3 is 2.80 bits per heavy atom. The van der Waals surface area contributed by atoms with Crippen molar-refractivity contribution >= 4 is 34.8 Å². The van der Waals surface area contributed by atoms with Crippen molar-refractivity contribution in [2.75, 3.05) is 6.54 Å². The molecule has 110 valence electrons. The van der Waals surface area contributed by atoms with E-state index in [4.69, 9.17) is 16.7 Å². The number of carboxylic acid groups (broad SMARTS) is 1. The molecule has 1 saturated heterocycles. The van der Waals surface area contributed by atoms with Gasteiger partial charge in [0, 0.05) is 23.9 Å². The van der Waals surface area contributed by atoms with E-state index in [1.807, 2.05) is 19.1 Å². The van der Waals surface area contributed by atoms with Crippen LogP contribution in [0.2, 0.25) is 4.34 Å². The third-order valence-corrected chi connectivity index (χ3v) is 5.06. The molecule has 2 unspecified atom stereocenters.